The molecule has 0 N–H and O–H groups in total. The minimum Gasteiger partial charge on any atom is -1.00 e. The minimum atomic E-state index is 0. The van der Waals surface area contributed by atoms with E-state index in [1.165, 1.54) is 51.9 Å². The topological polar surface area (TPSA) is 3.88 Å². The number of fused-ring (bicyclic) bond motifs is 1. The number of hydrogen-bond acceptors (Lipinski definition) is 1. The van der Waals surface area contributed by atoms with Crippen LogP contribution in [0.2, 0.25) is 0 Å². The van der Waals surface area contributed by atoms with Crippen molar-refractivity contribution in [3.8, 4) is 0 Å². The van der Waals surface area contributed by atoms with Gasteiger partial charge < -0.3 is 24.0 Å². The largest absolute Gasteiger partial charge is 1.00 e. The molecular weight excluding hydrogens is 468 g/mol. The highest BCUT2D eigenvalue weighted by atomic mass is 127. The Morgan fingerprint density at radius 3 is 2.61 bits per heavy atom. The van der Waals surface area contributed by atoms with Gasteiger partial charge in [0, 0.05) is 19.4 Å². The number of thiazole rings is 1. The zero-order chi connectivity index (χ0) is 12.1. The van der Waals surface area contributed by atoms with Crippen LogP contribution in [0.3, 0.4) is 0 Å². The summed E-state index contributed by atoms with van der Waals surface area (Å²) in [5, 5.41) is 1.43. The summed E-state index contributed by atoms with van der Waals surface area (Å²) in [4.78, 5) is 0. The summed E-state index contributed by atoms with van der Waals surface area (Å²) in [7, 11) is 0. The van der Waals surface area contributed by atoms with Gasteiger partial charge in [-0.3, -0.25) is 0 Å². The maximum Gasteiger partial charge on any atom is 0.235 e. The van der Waals surface area contributed by atoms with E-state index >= 15 is 0 Å². The Bertz CT molecular complexity index is 482. The Labute approximate surface area is 144 Å². The van der Waals surface area contributed by atoms with Crippen molar-refractivity contribution in [2.75, 3.05) is 4.43 Å². The first-order chi connectivity index (χ1) is 8.33. The zero-order valence-electron chi connectivity index (χ0n) is 10.7. The molecule has 0 radical (unpaired) electrons. The summed E-state index contributed by atoms with van der Waals surface area (Å²) in [6, 6.07) is 8.73. The quantitative estimate of drug-likeness (QED) is 0.252. The summed E-state index contributed by atoms with van der Waals surface area (Å²) in [5.41, 5.74) is 1.41. The number of aryl methyl sites for hydroxylation is 2. The van der Waals surface area contributed by atoms with Gasteiger partial charge in [-0.25, -0.2) is 0 Å². The average molecular weight is 487 g/mol. The van der Waals surface area contributed by atoms with Gasteiger partial charge in [-0.1, -0.05) is 52.5 Å². The van der Waals surface area contributed by atoms with Crippen molar-refractivity contribution in [3.63, 3.8) is 0 Å². The molecule has 0 aliphatic heterocycles. The second-order valence-electron chi connectivity index (χ2n) is 4.34. The van der Waals surface area contributed by atoms with Crippen LogP contribution in [0.25, 0.3) is 10.2 Å². The molecule has 4 heteroatoms. The number of unbranched alkanes of at least 4 members (excludes halogenated alkanes) is 3. The zero-order valence-corrected chi connectivity index (χ0v) is 15.8. The van der Waals surface area contributed by atoms with E-state index in [0.29, 0.717) is 0 Å². The first kappa shape index (κ1) is 16.6. The van der Waals surface area contributed by atoms with Crippen LogP contribution in [-0.2, 0) is 6.54 Å². The SMILES string of the molecule is Cc1sc2ccccc2[n+]1CCCCCCI.[I-]. The van der Waals surface area contributed by atoms with Gasteiger partial charge in [-0.15, -0.1) is 0 Å². The molecule has 1 heterocycles. The third kappa shape index (κ3) is 4.30. The van der Waals surface area contributed by atoms with Gasteiger partial charge in [0.1, 0.15) is 11.2 Å². The summed E-state index contributed by atoms with van der Waals surface area (Å²) in [6.45, 7) is 3.41. The Hall–Kier alpha value is 0.570. The van der Waals surface area contributed by atoms with Crippen LogP contribution in [0.5, 0.6) is 0 Å². The molecule has 0 saturated heterocycles. The number of halogens is 2. The fourth-order valence-electron chi connectivity index (χ4n) is 2.15. The molecule has 0 atom stereocenters. The molecule has 2 aromatic rings. The Kier molecular flexibility index (Phi) is 8.02. The molecule has 1 aromatic carbocycles. The van der Waals surface area contributed by atoms with Gasteiger partial charge in [0.15, 0.2) is 0 Å². The fraction of sp³-hybridized carbons (Fsp3) is 0.500. The lowest BCUT2D eigenvalue weighted by Gasteiger charge is -1.98. The molecule has 18 heavy (non-hydrogen) atoms. The highest BCUT2D eigenvalue weighted by Gasteiger charge is 2.15. The Morgan fingerprint density at radius 2 is 1.83 bits per heavy atom. The molecule has 100 valence electrons. The second-order valence-corrected chi connectivity index (χ2v) is 6.66. The molecular formula is C14H19I2NS. The molecule has 0 unspecified atom stereocenters. The standard InChI is InChI=1S/C14H19INS.HI/c1-12-16(11-7-3-2-6-10-15)13-8-4-5-9-14(13)17-12;/h4-5,8-9H,2-3,6-7,10-11H2,1H3;1H/q+1;/p-1. The van der Waals surface area contributed by atoms with E-state index in [1.807, 2.05) is 11.3 Å². The van der Waals surface area contributed by atoms with Crippen LogP contribution < -0.4 is 28.5 Å². The lowest BCUT2D eigenvalue weighted by molar-refractivity contribution is -0.673. The van der Waals surface area contributed by atoms with Crippen LogP contribution in [-0.4, -0.2) is 4.43 Å². The van der Waals surface area contributed by atoms with E-state index in [4.69, 9.17) is 0 Å². The Morgan fingerprint density at radius 1 is 1.11 bits per heavy atom. The van der Waals surface area contributed by atoms with Gasteiger partial charge in [0.05, 0.1) is 0 Å². The summed E-state index contributed by atoms with van der Waals surface area (Å²) in [6.07, 6.45) is 5.42. The van der Waals surface area contributed by atoms with Crippen molar-refractivity contribution in [1.29, 1.82) is 0 Å². The summed E-state index contributed by atoms with van der Waals surface area (Å²) in [5.74, 6) is 0. The molecule has 0 aliphatic rings. The molecule has 0 saturated carbocycles. The fourth-order valence-corrected chi connectivity index (χ4v) is 3.73. The molecule has 0 bridgehead atoms. The van der Waals surface area contributed by atoms with Gasteiger partial charge >= 0.3 is 0 Å². The lowest BCUT2D eigenvalue weighted by atomic mass is 10.2. The summed E-state index contributed by atoms with van der Waals surface area (Å²) >= 11 is 4.37. The van der Waals surface area contributed by atoms with Crippen LogP contribution in [0.1, 0.15) is 30.7 Å². The van der Waals surface area contributed by atoms with Crippen LogP contribution in [0, 0.1) is 6.92 Å². The number of nitrogens with zero attached hydrogens (tertiary/aromatic N) is 1. The molecule has 1 aromatic heterocycles. The molecule has 0 fully saturated rings. The van der Waals surface area contributed by atoms with Crippen LogP contribution in [0.15, 0.2) is 24.3 Å². The molecule has 0 aliphatic carbocycles. The maximum absolute atomic E-state index is 2.48. The number of hydrogen-bond donors (Lipinski definition) is 0. The number of aromatic nitrogens is 1. The van der Waals surface area contributed by atoms with Crippen molar-refractivity contribution in [3.05, 3.63) is 29.3 Å². The monoisotopic (exact) mass is 487 g/mol. The van der Waals surface area contributed by atoms with E-state index in [1.54, 1.807) is 0 Å². The average Bonchev–Trinajstić information content (AvgIpc) is 2.65. The van der Waals surface area contributed by atoms with Crippen molar-refractivity contribution < 1.29 is 28.5 Å². The van der Waals surface area contributed by atoms with Crippen molar-refractivity contribution >= 4 is 44.1 Å². The van der Waals surface area contributed by atoms with E-state index < -0.39 is 0 Å². The second kappa shape index (κ2) is 8.68. The van der Waals surface area contributed by atoms with Gasteiger partial charge in [-0.2, -0.15) is 4.57 Å². The number of rotatable bonds is 6. The highest BCUT2D eigenvalue weighted by molar-refractivity contribution is 14.1. The van der Waals surface area contributed by atoms with Crippen molar-refractivity contribution in [2.45, 2.75) is 39.2 Å². The number of benzene rings is 1. The van der Waals surface area contributed by atoms with Crippen molar-refractivity contribution in [2.24, 2.45) is 0 Å². The van der Waals surface area contributed by atoms with Crippen LogP contribution in [0.4, 0.5) is 0 Å². The van der Waals surface area contributed by atoms with Crippen molar-refractivity contribution in [1.82, 2.24) is 0 Å². The molecule has 0 amide bonds. The minimum absolute atomic E-state index is 0. The van der Waals surface area contributed by atoms with Gasteiger partial charge in [0.25, 0.3) is 0 Å². The number of alkyl halides is 1. The third-order valence-electron chi connectivity index (χ3n) is 3.06. The van der Waals surface area contributed by atoms with E-state index in [0.717, 1.165) is 0 Å². The van der Waals surface area contributed by atoms with Gasteiger partial charge in [0.2, 0.25) is 10.5 Å². The molecule has 0 spiro atoms. The summed E-state index contributed by atoms with van der Waals surface area (Å²) < 4.78 is 5.19. The molecule has 1 nitrogen and oxygen atoms in total. The lowest BCUT2D eigenvalue weighted by Crippen LogP contribution is -3.00. The normalized spacial score (nSPS) is 10.6. The smallest absolute Gasteiger partial charge is 0.235 e. The van der Waals surface area contributed by atoms with E-state index in [2.05, 4.69) is 58.3 Å². The van der Waals surface area contributed by atoms with Crippen LogP contribution >= 0.6 is 33.9 Å². The third-order valence-corrected chi connectivity index (χ3v) is 4.90. The maximum atomic E-state index is 2.48. The first-order valence-corrected chi connectivity index (χ1v) is 8.61. The first-order valence-electron chi connectivity index (χ1n) is 6.27. The predicted molar refractivity (Wildman–Crippen MR) is 84.1 cm³/mol. The Balaban J connectivity index is 0.00000162. The van der Waals surface area contributed by atoms with E-state index in [-0.39, 0.29) is 24.0 Å². The predicted octanol–water partition coefficient (Wildman–Crippen LogP) is 1.50. The van der Waals surface area contributed by atoms with Gasteiger partial charge in [-0.05, 0) is 23.3 Å². The number of para-hydroxylation sites is 1. The van der Waals surface area contributed by atoms with E-state index in [9.17, 15) is 0 Å². The molecule has 2 rings (SSSR count). The highest BCUT2D eigenvalue weighted by Crippen LogP contribution is 2.19.